The number of allylic oxidation sites excluding steroid dienone is 1. The summed E-state index contributed by atoms with van der Waals surface area (Å²) < 4.78 is 8.17. The van der Waals surface area contributed by atoms with Crippen molar-refractivity contribution in [3.8, 4) is 22.6 Å². The van der Waals surface area contributed by atoms with Crippen LogP contribution in [-0.2, 0) is 0 Å². The second-order valence-corrected chi connectivity index (χ2v) is 11.1. The Kier molecular flexibility index (Phi) is 7.93. The van der Waals surface area contributed by atoms with Crippen LogP contribution in [0.2, 0.25) is 0 Å². The molecule has 206 valence electrons. The molecule has 2 unspecified atom stereocenters. The average molecular weight is 530 g/mol. The molecule has 3 atom stereocenters. The summed E-state index contributed by atoms with van der Waals surface area (Å²) >= 11 is 0. The molecular weight excluding hydrogens is 490 g/mol. The third-order valence-corrected chi connectivity index (χ3v) is 8.10. The van der Waals surface area contributed by atoms with E-state index in [2.05, 4.69) is 30.2 Å². The van der Waals surface area contributed by atoms with E-state index in [1.54, 1.807) is 17.9 Å². The van der Waals surface area contributed by atoms with E-state index < -0.39 is 5.97 Å². The SMILES string of the molecule is CC(Oc1cccc(-c2cccc(-n3ncc(C(=O)O)c3C3C[C@@H]3/C(N)=C/N(C)N)c2)c1)C1CCCCCC1. The third kappa shape index (κ3) is 6.11. The average Bonchev–Trinajstić information content (AvgIpc) is 3.65. The van der Waals surface area contributed by atoms with Crippen molar-refractivity contribution in [2.24, 2.45) is 23.4 Å². The number of carboxylic acids is 1. The third-order valence-electron chi connectivity index (χ3n) is 8.10. The van der Waals surface area contributed by atoms with Crippen LogP contribution in [0.15, 0.2) is 66.6 Å². The van der Waals surface area contributed by atoms with E-state index in [9.17, 15) is 9.90 Å². The first-order valence-electron chi connectivity index (χ1n) is 13.9. The number of nitrogens with two attached hydrogens (primary N) is 2. The summed E-state index contributed by atoms with van der Waals surface area (Å²) in [5.74, 6) is 6.19. The van der Waals surface area contributed by atoms with E-state index in [0.29, 0.717) is 17.3 Å². The molecule has 0 aliphatic heterocycles. The largest absolute Gasteiger partial charge is 0.490 e. The van der Waals surface area contributed by atoms with E-state index in [1.807, 2.05) is 30.3 Å². The number of aromatic nitrogens is 2. The Labute approximate surface area is 230 Å². The first-order valence-corrected chi connectivity index (χ1v) is 13.9. The summed E-state index contributed by atoms with van der Waals surface area (Å²) in [6, 6.07) is 16.2. The molecular formula is C31H39N5O3. The van der Waals surface area contributed by atoms with Crippen molar-refractivity contribution >= 4 is 5.97 Å². The van der Waals surface area contributed by atoms with Gasteiger partial charge < -0.3 is 20.6 Å². The lowest BCUT2D eigenvalue weighted by Gasteiger charge is -2.24. The molecule has 2 fully saturated rings. The molecule has 0 saturated heterocycles. The summed E-state index contributed by atoms with van der Waals surface area (Å²) in [4.78, 5) is 12.1. The number of benzene rings is 2. The number of hydrogen-bond donors (Lipinski definition) is 3. The highest BCUT2D eigenvalue weighted by Crippen LogP contribution is 2.51. The van der Waals surface area contributed by atoms with Gasteiger partial charge in [-0.3, -0.25) is 0 Å². The second kappa shape index (κ2) is 11.5. The molecule has 1 aromatic heterocycles. The highest BCUT2D eigenvalue weighted by molar-refractivity contribution is 5.89. The summed E-state index contributed by atoms with van der Waals surface area (Å²) in [7, 11) is 1.71. The van der Waals surface area contributed by atoms with Crippen LogP contribution >= 0.6 is 0 Å². The van der Waals surface area contributed by atoms with Crippen molar-refractivity contribution in [2.45, 2.75) is 63.9 Å². The molecule has 0 amide bonds. The van der Waals surface area contributed by atoms with Gasteiger partial charge in [-0.15, -0.1) is 0 Å². The summed E-state index contributed by atoms with van der Waals surface area (Å²) in [6.07, 6.45) is 11.8. The maximum atomic E-state index is 12.1. The van der Waals surface area contributed by atoms with Gasteiger partial charge in [0.05, 0.1) is 23.7 Å². The van der Waals surface area contributed by atoms with Crippen molar-refractivity contribution in [2.75, 3.05) is 7.05 Å². The summed E-state index contributed by atoms with van der Waals surface area (Å²) in [6.45, 7) is 2.20. The van der Waals surface area contributed by atoms with Crippen LogP contribution in [0.3, 0.4) is 0 Å². The molecule has 8 nitrogen and oxygen atoms in total. The Morgan fingerprint density at radius 1 is 1.13 bits per heavy atom. The lowest BCUT2D eigenvalue weighted by molar-refractivity contribution is 0.0695. The minimum Gasteiger partial charge on any atom is -0.490 e. The molecule has 2 aliphatic rings. The van der Waals surface area contributed by atoms with E-state index in [4.69, 9.17) is 16.3 Å². The molecule has 3 aromatic rings. The van der Waals surface area contributed by atoms with Gasteiger partial charge in [0.2, 0.25) is 0 Å². The predicted octanol–water partition coefficient (Wildman–Crippen LogP) is 5.68. The van der Waals surface area contributed by atoms with Crippen molar-refractivity contribution in [3.63, 3.8) is 0 Å². The van der Waals surface area contributed by atoms with Crippen LogP contribution in [0.5, 0.6) is 5.75 Å². The standard InChI is InChI=1S/C31H39N5O3/c1-20(21-9-5-3-4-6-10-21)39-25-14-8-12-23(16-25)22-11-7-13-24(15-22)36-30(28(18-34-36)31(37)38)27-17-26(27)29(32)19-35(2)33/h7-8,11-16,18-21,26-27H,3-6,9-10,17,32-33H2,1-2H3,(H,37,38)/b29-19-/t20?,26-,27?/m0/s1. The molecule has 0 radical (unpaired) electrons. The molecule has 39 heavy (non-hydrogen) atoms. The zero-order valence-corrected chi connectivity index (χ0v) is 22.8. The first kappa shape index (κ1) is 26.8. The van der Waals surface area contributed by atoms with Crippen molar-refractivity contribution in [1.82, 2.24) is 14.8 Å². The van der Waals surface area contributed by atoms with Crippen LogP contribution in [0.1, 0.15) is 73.8 Å². The lowest BCUT2D eigenvalue weighted by atomic mass is 9.95. The Hall–Kier alpha value is -3.78. The highest BCUT2D eigenvalue weighted by Gasteiger charge is 2.45. The van der Waals surface area contributed by atoms with E-state index >= 15 is 0 Å². The van der Waals surface area contributed by atoms with Gasteiger partial charge in [0.1, 0.15) is 11.3 Å². The maximum Gasteiger partial charge on any atom is 0.339 e. The first-order chi connectivity index (χ1) is 18.8. The Morgan fingerprint density at radius 3 is 2.51 bits per heavy atom. The highest BCUT2D eigenvalue weighted by atomic mass is 16.5. The van der Waals surface area contributed by atoms with Gasteiger partial charge in [-0.2, -0.15) is 5.10 Å². The van der Waals surface area contributed by atoms with E-state index in [0.717, 1.165) is 29.0 Å². The maximum absolute atomic E-state index is 12.1. The Morgan fingerprint density at radius 2 is 1.82 bits per heavy atom. The topological polar surface area (TPSA) is 120 Å². The van der Waals surface area contributed by atoms with Gasteiger partial charge in [0, 0.05) is 30.8 Å². The van der Waals surface area contributed by atoms with E-state index in [-0.39, 0.29) is 23.5 Å². The van der Waals surface area contributed by atoms with Crippen molar-refractivity contribution in [1.29, 1.82) is 0 Å². The zero-order chi connectivity index (χ0) is 27.5. The molecule has 1 heterocycles. The minimum atomic E-state index is -0.996. The molecule has 2 aromatic carbocycles. The van der Waals surface area contributed by atoms with Crippen molar-refractivity contribution in [3.05, 3.63) is 77.9 Å². The summed E-state index contributed by atoms with van der Waals surface area (Å²) in [5, 5.41) is 15.8. The number of nitrogens with zero attached hydrogens (tertiary/aromatic N) is 3. The van der Waals surface area contributed by atoms with Crippen LogP contribution in [0.25, 0.3) is 16.8 Å². The monoisotopic (exact) mass is 529 g/mol. The predicted molar refractivity (Wildman–Crippen MR) is 152 cm³/mol. The number of carbonyl (C=O) groups is 1. The number of hydrazine groups is 1. The number of rotatable bonds is 9. The zero-order valence-electron chi connectivity index (χ0n) is 22.8. The van der Waals surface area contributed by atoms with E-state index in [1.165, 1.54) is 49.7 Å². The molecule has 2 aliphatic carbocycles. The van der Waals surface area contributed by atoms with Crippen LogP contribution in [0.4, 0.5) is 0 Å². The normalized spacial score (nSPS) is 20.7. The van der Waals surface area contributed by atoms with Gasteiger partial charge in [0.15, 0.2) is 0 Å². The van der Waals surface area contributed by atoms with Gasteiger partial charge in [-0.25, -0.2) is 15.3 Å². The smallest absolute Gasteiger partial charge is 0.339 e. The number of ether oxygens (including phenoxy) is 1. The fourth-order valence-electron chi connectivity index (χ4n) is 5.94. The van der Waals surface area contributed by atoms with Gasteiger partial charge >= 0.3 is 5.97 Å². The lowest BCUT2D eigenvalue weighted by Crippen LogP contribution is -2.23. The van der Waals surface area contributed by atoms with Crippen LogP contribution < -0.4 is 16.3 Å². The molecule has 2 saturated carbocycles. The quantitative estimate of drug-likeness (QED) is 0.185. The van der Waals surface area contributed by atoms with Crippen LogP contribution in [0, 0.1) is 11.8 Å². The van der Waals surface area contributed by atoms with Gasteiger partial charge in [-0.05, 0) is 67.5 Å². The van der Waals surface area contributed by atoms with Gasteiger partial charge in [0.25, 0.3) is 0 Å². The number of carboxylic acid groups (broad SMARTS) is 1. The molecule has 5 rings (SSSR count). The second-order valence-electron chi connectivity index (χ2n) is 11.1. The number of hydrogen-bond acceptors (Lipinski definition) is 6. The minimum absolute atomic E-state index is 0.0250. The van der Waals surface area contributed by atoms with Gasteiger partial charge in [-0.1, -0.05) is 49.9 Å². The number of aromatic carboxylic acids is 1. The molecule has 0 spiro atoms. The molecule has 5 N–H and O–H groups in total. The Bertz CT molecular complexity index is 1340. The molecule has 8 heteroatoms. The van der Waals surface area contributed by atoms with Crippen molar-refractivity contribution < 1.29 is 14.6 Å². The fraction of sp³-hybridized carbons (Fsp3) is 0.419. The molecule has 0 bridgehead atoms. The summed E-state index contributed by atoms with van der Waals surface area (Å²) in [5.41, 5.74) is 10.6. The fourth-order valence-corrected chi connectivity index (χ4v) is 5.94. The Balaban J connectivity index is 1.40. The van der Waals surface area contributed by atoms with Crippen LogP contribution in [-0.4, -0.2) is 39.0 Å².